The number of imidazole rings is 1. The molecule has 7 nitrogen and oxygen atoms in total. The second-order valence-corrected chi connectivity index (χ2v) is 9.18. The summed E-state index contributed by atoms with van der Waals surface area (Å²) in [5.41, 5.74) is 2.28. The Morgan fingerprint density at radius 3 is 2.28 bits per heavy atom. The van der Waals surface area contributed by atoms with Crippen molar-refractivity contribution in [1.82, 2.24) is 9.38 Å². The Balaban J connectivity index is 1.48. The lowest BCUT2D eigenvalue weighted by Gasteiger charge is -2.10. The molecule has 2 heterocycles. The van der Waals surface area contributed by atoms with Gasteiger partial charge in [-0.3, -0.25) is 4.79 Å². The maximum absolute atomic E-state index is 13.0. The highest BCUT2D eigenvalue weighted by atomic mass is 32.2. The van der Waals surface area contributed by atoms with Crippen LogP contribution in [0.25, 0.3) is 5.65 Å². The van der Waals surface area contributed by atoms with Crippen LogP contribution in [-0.4, -0.2) is 37.8 Å². The molecule has 0 amide bonds. The van der Waals surface area contributed by atoms with Crippen LogP contribution < -0.4 is 9.47 Å². The number of aromatic nitrogens is 2. The Hall–Kier alpha value is -3.65. The monoisotopic (exact) mass is 450 g/mol. The minimum Gasteiger partial charge on any atom is -0.497 e. The van der Waals surface area contributed by atoms with E-state index in [0.717, 1.165) is 11.2 Å². The summed E-state index contributed by atoms with van der Waals surface area (Å²) in [5, 5.41) is 0. The topological polar surface area (TPSA) is 87.0 Å². The summed E-state index contributed by atoms with van der Waals surface area (Å²) < 4.78 is 38.2. The number of carbonyl (C=O) groups is 1. The van der Waals surface area contributed by atoms with Gasteiger partial charge in [0, 0.05) is 36.6 Å². The van der Waals surface area contributed by atoms with Gasteiger partial charge in [-0.2, -0.15) is 0 Å². The van der Waals surface area contributed by atoms with Crippen LogP contribution in [0.1, 0.15) is 22.3 Å². The number of Topliss-reactive ketones (excluding diaryl/α,β-unsaturated/α-hetero) is 1. The van der Waals surface area contributed by atoms with Crippen molar-refractivity contribution in [3.63, 3.8) is 0 Å². The third-order valence-corrected chi connectivity index (χ3v) is 6.97. The molecule has 2 aromatic heterocycles. The standard InChI is InChI=1S/C24H22N2O5S/c1-30-19-13-20(31-2)15-22(14-19)32(28,29)21-7-3-17(4-8-21)5-9-23(27)18-6-10-24-25-11-12-26(24)16-18/h3-4,6-8,10-16H,5,9H2,1-2H3. The molecule has 0 saturated carbocycles. The van der Waals surface area contributed by atoms with E-state index in [0.29, 0.717) is 29.9 Å². The van der Waals surface area contributed by atoms with Crippen LogP contribution in [0.15, 0.2) is 83.0 Å². The first-order valence-electron chi connectivity index (χ1n) is 9.94. The molecule has 0 aliphatic carbocycles. The van der Waals surface area contributed by atoms with Crippen LogP contribution in [0.5, 0.6) is 11.5 Å². The summed E-state index contributed by atoms with van der Waals surface area (Å²) in [6.07, 6.45) is 6.07. The van der Waals surface area contributed by atoms with Crippen molar-refractivity contribution in [2.75, 3.05) is 14.2 Å². The van der Waals surface area contributed by atoms with E-state index in [2.05, 4.69) is 4.98 Å². The van der Waals surface area contributed by atoms with Crippen molar-refractivity contribution in [1.29, 1.82) is 0 Å². The average Bonchev–Trinajstić information content (AvgIpc) is 3.30. The number of methoxy groups -OCH3 is 2. The molecule has 0 aliphatic heterocycles. The van der Waals surface area contributed by atoms with E-state index in [-0.39, 0.29) is 15.6 Å². The number of sulfone groups is 1. The highest BCUT2D eigenvalue weighted by Gasteiger charge is 2.20. The number of ether oxygens (including phenoxy) is 2. The van der Waals surface area contributed by atoms with Crippen molar-refractivity contribution in [2.24, 2.45) is 0 Å². The molecule has 0 bridgehead atoms. The van der Waals surface area contributed by atoms with Crippen LogP contribution in [0.4, 0.5) is 0 Å². The maximum Gasteiger partial charge on any atom is 0.206 e. The quantitative estimate of drug-likeness (QED) is 0.377. The normalized spacial score (nSPS) is 11.4. The van der Waals surface area contributed by atoms with Gasteiger partial charge < -0.3 is 13.9 Å². The number of pyridine rings is 1. The Kier molecular flexibility index (Phi) is 5.96. The molecule has 4 aromatic rings. The Morgan fingerprint density at radius 1 is 0.938 bits per heavy atom. The fraction of sp³-hybridized carbons (Fsp3) is 0.167. The van der Waals surface area contributed by atoms with Crippen molar-refractivity contribution >= 4 is 21.3 Å². The number of fused-ring (bicyclic) bond motifs is 1. The zero-order valence-corrected chi connectivity index (χ0v) is 18.5. The molecule has 32 heavy (non-hydrogen) atoms. The zero-order chi connectivity index (χ0) is 22.7. The van der Waals surface area contributed by atoms with E-state index in [4.69, 9.17) is 9.47 Å². The number of rotatable bonds is 8. The van der Waals surface area contributed by atoms with Crippen LogP contribution in [0.2, 0.25) is 0 Å². The average molecular weight is 451 g/mol. The fourth-order valence-electron chi connectivity index (χ4n) is 3.40. The molecule has 0 atom stereocenters. The first-order valence-corrected chi connectivity index (χ1v) is 11.4. The van der Waals surface area contributed by atoms with Gasteiger partial charge in [-0.25, -0.2) is 13.4 Å². The van der Waals surface area contributed by atoms with E-state index < -0.39 is 9.84 Å². The third-order valence-electron chi connectivity index (χ3n) is 5.22. The molecule has 164 valence electrons. The number of ketones is 1. The number of benzene rings is 2. The van der Waals surface area contributed by atoms with Gasteiger partial charge in [0.15, 0.2) is 5.78 Å². The molecule has 0 unspecified atom stereocenters. The minimum absolute atomic E-state index is 0.0146. The minimum atomic E-state index is -3.75. The highest BCUT2D eigenvalue weighted by Crippen LogP contribution is 2.29. The predicted octanol–water partition coefficient (Wildman–Crippen LogP) is 4.00. The Bertz CT molecular complexity index is 1350. The summed E-state index contributed by atoms with van der Waals surface area (Å²) in [7, 11) is -0.812. The summed E-state index contributed by atoms with van der Waals surface area (Å²) in [4.78, 5) is 17.0. The van der Waals surface area contributed by atoms with Crippen molar-refractivity contribution in [3.05, 3.63) is 84.3 Å². The fourth-order valence-corrected chi connectivity index (χ4v) is 4.70. The zero-order valence-electron chi connectivity index (χ0n) is 17.7. The lowest BCUT2D eigenvalue weighted by Crippen LogP contribution is -2.04. The van der Waals surface area contributed by atoms with E-state index >= 15 is 0 Å². The molecule has 2 aromatic carbocycles. The number of hydrogen-bond acceptors (Lipinski definition) is 6. The highest BCUT2D eigenvalue weighted by molar-refractivity contribution is 7.91. The number of carbonyl (C=O) groups excluding carboxylic acids is 1. The van der Waals surface area contributed by atoms with Gasteiger partial charge in [-0.15, -0.1) is 0 Å². The Labute approximate surface area is 186 Å². The van der Waals surface area contributed by atoms with Gasteiger partial charge in [-0.1, -0.05) is 12.1 Å². The van der Waals surface area contributed by atoms with Gasteiger partial charge in [0.05, 0.1) is 24.0 Å². The molecule has 0 radical (unpaired) electrons. The largest absolute Gasteiger partial charge is 0.497 e. The van der Waals surface area contributed by atoms with Crippen molar-refractivity contribution < 1.29 is 22.7 Å². The molecule has 8 heteroatoms. The van der Waals surface area contributed by atoms with Crippen molar-refractivity contribution in [2.45, 2.75) is 22.6 Å². The summed E-state index contributed by atoms with van der Waals surface area (Å²) in [6.45, 7) is 0. The van der Waals surface area contributed by atoms with Gasteiger partial charge in [-0.05, 0) is 48.4 Å². The van der Waals surface area contributed by atoms with E-state index in [9.17, 15) is 13.2 Å². The summed E-state index contributed by atoms with van der Waals surface area (Å²) in [5.74, 6) is 0.805. The number of hydrogen-bond donors (Lipinski definition) is 0. The smallest absolute Gasteiger partial charge is 0.206 e. The lowest BCUT2D eigenvalue weighted by molar-refractivity contribution is 0.0982. The van der Waals surface area contributed by atoms with E-state index in [1.807, 2.05) is 0 Å². The second kappa shape index (κ2) is 8.84. The predicted molar refractivity (Wildman–Crippen MR) is 119 cm³/mol. The van der Waals surface area contributed by atoms with Crippen LogP contribution >= 0.6 is 0 Å². The van der Waals surface area contributed by atoms with Gasteiger partial charge >= 0.3 is 0 Å². The molecule has 0 fully saturated rings. The molecule has 0 N–H and O–H groups in total. The molecular weight excluding hydrogens is 428 g/mol. The number of nitrogens with zero attached hydrogens (tertiary/aromatic N) is 2. The molecule has 0 saturated heterocycles. The first-order chi connectivity index (χ1) is 15.4. The van der Waals surface area contributed by atoms with E-state index in [1.54, 1.807) is 65.5 Å². The third kappa shape index (κ3) is 4.36. The second-order valence-electron chi connectivity index (χ2n) is 7.23. The molecule has 0 spiro atoms. The molecular formula is C24H22N2O5S. The van der Waals surface area contributed by atoms with Crippen LogP contribution in [0.3, 0.4) is 0 Å². The Morgan fingerprint density at radius 2 is 1.62 bits per heavy atom. The lowest BCUT2D eigenvalue weighted by atomic mass is 10.0. The number of aryl methyl sites for hydroxylation is 1. The van der Waals surface area contributed by atoms with Crippen LogP contribution in [-0.2, 0) is 16.3 Å². The summed E-state index contributed by atoms with van der Waals surface area (Å²) >= 11 is 0. The van der Waals surface area contributed by atoms with Gasteiger partial charge in [0.2, 0.25) is 9.84 Å². The van der Waals surface area contributed by atoms with E-state index in [1.165, 1.54) is 26.4 Å². The van der Waals surface area contributed by atoms with Crippen LogP contribution in [0, 0.1) is 0 Å². The van der Waals surface area contributed by atoms with Gasteiger partial charge in [0.1, 0.15) is 17.1 Å². The maximum atomic E-state index is 13.0. The summed E-state index contributed by atoms with van der Waals surface area (Å²) in [6, 6.07) is 14.7. The SMILES string of the molecule is COc1cc(OC)cc(S(=O)(=O)c2ccc(CCC(=O)c3ccc4nccn4c3)cc2)c1. The van der Waals surface area contributed by atoms with Gasteiger partial charge in [0.25, 0.3) is 0 Å². The first kappa shape index (κ1) is 21.6. The molecule has 4 rings (SSSR count). The van der Waals surface area contributed by atoms with Crippen molar-refractivity contribution in [3.8, 4) is 11.5 Å². The molecule has 0 aliphatic rings.